The summed E-state index contributed by atoms with van der Waals surface area (Å²) in [6.45, 7) is 4.23. The van der Waals surface area contributed by atoms with Crippen molar-refractivity contribution >= 4 is 6.34 Å². The van der Waals surface area contributed by atoms with Crippen LogP contribution in [0.3, 0.4) is 0 Å². The van der Waals surface area contributed by atoms with Crippen molar-refractivity contribution in [3.8, 4) is 0 Å². The van der Waals surface area contributed by atoms with E-state index in [1.807, 2.05) is 6.34 Å². The maximum atomic E-state index is 6.17. The van der Waals surface area contributed by atoms with Gasteiger partial charge >= 0.3 is 0 Å². The minimum absolute atomic E-state index is 0.192. The van der Waals surface area contributed by atoms with Crippen molar-refractivity contribution in [2.24, 2.45) is 10.7 Å². The molecule has 0 saturated heterocycles. The van der Waals surface area contributed by atoms with Crippen LogP contribution < -0.4 is 5.73 Å². The van der Waals surface area contributed by atoms with Gasteiger partial charge in [0.25, 0.3) is 0 Å². The van der Waals surface area contributed by atoms with Gasteiger partial charge in [0.15, 0.2) is 0 Å². The molecule has 148 valence electrons. The summed E-state index contributed by atoms with van der Waals surface area (Å²) in [6, 6.07) is 0. The predicted molar refractivity (Wildman–Crippen MR) is 112 cm³/mol. The second kappa shape index (κ2) is 16.9. The van der Waals surface area contributed by atoms with Crippen LogP contribution in [0, 0.1) is 0 Å². The molecule has 25 heavy (non-hydrogen) atoms. The van der Waals surface area contributed by atoms with E-state index in [0.717, 1.165) is 19.5 Å². The molecule has 1 atom stereocenters. The quantitative estimate of drug-likeness (QED) is 0.296. The summed E-state index contributed by atoms with van der Waals surface area (Å²) in [5, 5.41) is 0. The molecule has 0 radical (unpaired) electrons. The Balaban J connectivity index is 1.70. The maximum Gasteiger partial charge on any atom is 0.0863 e. The maximum absolute atomic E-state index is 6.17. The van der Waals surface area contributed by atoms with Crippen LogP contribution in [0.4, 0.5) is 0 Å². The lowest BCUT2D eigenvalue weighted by Crippen LogP contribution is -2.39. The molecule has 3 nitrogen and oxygen atoms in total. The van der Waals surface area contributed by atoms with Gasteiger partial charge in [-0.25, -0.2) is 0 Å². The van der Waals surface area contributed by atoms with Crippen LogP contribution >= 0.6 is 0 Å². The summed E-state index contributed by atoms with van der Waals surface area (Å²) in [7, 11) is 0. The number of nitrogens with zero attached hydrogens (tertiary/aromatic N) is 2. The van der Waals surface area contributed by atoms with E-state index in [1.54, 1.807) is 0 Å². The van der Waals surface area contributed by atoms with E-state index in [2.05, 4.69) is 16.8 Å². The van der Waals surface area contributed by atoms with Crippen molar-refractivity contribution in [3.05, 3.63) is 0 Å². The fourth-order valence-electron chi connectivity index (χ4n) is 3.71. The lowest BCUT2D eigenvalue weighted by molar-refractivity contribution is 0.323. The van der Waals surface area contributed by atoms with E-state index in [4.69, 9.17) is 5.73 Å². The topological polar surface area (TPSA) is 41.6 Å². The molecule has 0 bridgehead atoms. The van der Waals surface area contributed by atoms with E-state index in [0.29, 0.717) is 0 Å². The van der Waals surface area contributed by atoms with Gasteiger partial charge in [0, 0.05) is 6.54 Å². The van der Waals surface area contributed by atoms with Crippen LogP contribution in [0.2, 0.25) is 0 Å². The molecule has 1 aliphatic rings. The van der Waals surface area contributed by atoms with E-state index >= 15 is 0 Å². The van der Waals surface area contributed by atoms with Gasteiger partial charge in [0.05, 0.1) is 19.0 Å². The standard InChI is InChI=1S/C22H45N3/c1-2-3-4-5-6-7-8-9-10-11-12-13-14-15-16-17-18-22(23)25-20-19-24-21-25/h21-22H,2-20,23H2,1H3. The predicted octanol–water partition coefficient (Wildman–Crippen LogP) is 6.27. The zero-order valence-corrected chi connectivity index (χ0v) is 17.1. The highest BCUT2D eigenvalue weighted by molar-refractivity contribution is 5.57. The molecule has 0 aromatic heterocycles. The number of unbranched alkanes of at least 4 members (excludes halogenated alkanes) is 15. The third kappa shape index (κ3) is 13.3. The largest absolute Gasteiger partial charge is 0.346 e. The first-order valence-corrected chi connectivity index (χ1v) is 11.4. The van der Waals surface area contributed by atoms with Gasteiger partial charge in [-0.2, -0.15) is 0 Å². The minimum atomic E-state index is 0.192. The second-order valence-electron chi connectivity index (χ2n) is 7.92. The number of rotatable bonds is 18. The highest BCUT2D eigenvalue weighted by Gasteiger charge is 2.12. The van der Waals surface area contributed by atoms with Crippen LogP contribution in [0.5, 0.6) is 0 Å². The first kappa shape index (κ1) is 22.5. The van der Waals surface area contributed by atoms with Crippen LogP contribution in [0.15, 0.2) is 4.99 Å². The Hall–Kier alpha value is -0.570. The number of hydrogen-bond acceptors (Lipinski definition) is 3. The average molecular weight is 352 g/mol. The van der Waals surface area contributed by atoms with Crippen molar-refractivity contribution < 1.29 is 0 Å². The smallest absolute Gasteiger partial charge is 0.0863 e. The zero-order chi connectivity index (χ0) is 18.0. The summed E-state index contributed by atoms with van der Waals surface area (Å²) in [4.78, 5) is 6.42. The molecule has 0 saturated carbocycles. The molecule has 0 fully saturated rings. The number of aliphatic imine (C=N–C) groups is 1. The van der Waals surface area contributed by atoms with Crippen LogP contribution in [-0.4, -0.2) is 30.5 Å². The van der Waals surface area contributed by atoms with Crippen molar-refractivity contribution in [1.82, 2.24) is 4.90 Å². The molecule has 2 N–H and O–H groups in total. The Morgan fingerprint density at radius 2 is 1.20 bits per heavy atom. The van der Waals surface area contributed by atoms with E-state index in [1.165, 1.54) is 103 Å². The molecule has 0 amide bonds. The molecule has 0 spiro atoms. The summed E-state index contributed by atoms with van der Waals surface area (Å²) in [5.74, 6) is 0. The lowest BCUT2D eigenvalue weighted by Gasteiger charge is -2.22. The summed E-state index contributed by atoms with van der Waals surface area (Å²) >= 11 is 0. The Kier molecular flexibility index (Phi) is 15.2. The van der Waals surface area contributed by atoms with E-state index in [9.17, 15) is 0 Å². The second-order valence-corrected chi connectivity index (χ2v) is 7.92. The molecule has 3 heteroatoms. The summed E-state index contributed by atoms with van der Waals surface area (Å²) in [5.41, 5.74) is 6.17. The van der Waals surface area contributed by atoms with Crippen molar-refractivity contribution in [2.75, 3.05) is 13.1 Å². The summed E-state index contributed by atoms with van der Waals surface area (Å²) in [6.07, 6.45) is 26.0. The highest BCUT2D eigenvalue weighted by atomic mass is 15.3. The average Bonchev–Trinajstić information content (AvgIpc) is 3.16. The molecule has 0 aliphatic carbocycles. The highest BCUT2D eigenvalue weighted by Crippen LogP contribution is 2.14. The van der Waals surface area contributed by atoms with Gasteiger partial charge in [-0.3, -0.25) is 4.99 Å². The third-order valence-corrected chi connectivity index (χ3v) is 5.50. The van der Waals surface area contributed by atoms with Gasteiger partial charge in [-0.05, 0) is 6.42 Å². The number of hydrogen-bond donors (Lipinski definition) is 1. The van der Waals surface area contributed by atoms with Crippen molar-refractivity contribution in [1.29, 1.82) is 0 Å². The van der Waals surface area contributed by atoms with Crippen LogP contribution in [0.1, 0.15) is 116 Å². The first-order chi connectivity index (χ1) is 12.3. The van der Waals surface area contributed by atoms with Crippen LogP contribution in [-0.2, 0) is 0 Å². The first-order valence-electron chi connectivity index (χ1n) is 11.4. The molecule has 1 unspecified atom stereocenters. The monoisotopic (exact) mass is 351 g/mol. The fraction of sp³-hybridized carbons (Fsp3) is 0.955. The Morgan fingerprint density at radius 1 is 0.760 bits per heavy atom. The number of nitrogens with two attached hydrogens (primary N) is 1. The molecular formula is C22H45N3. The molecule has 1 rings (SSSR count). The molecule has 0 aromatic carbocycles. The zero-order valence-electron chi connectivity index (χ0n) is 17.1. The summed E-state index contributed by atoms with van der Waals surface area (Å²) < 4.78 is 0. The lowest BCUT2D eigenvalue weighted by atomic mass is 10.0. The fourth-order valence-corrected chi connectivity index (χ4v) is 3.71. The Morgan fingerprint density at radius 3 is 1.60 bits per heavy atom. The van der Waals surface area contributed by atoms with E-state index in [-0.39, 0.29) is 6.17 Å². The Labute approximate surface area is 157 Å². The minimum Gasteiger partial charge on any atom is -0.346 e. The normalized spacial score (nSPS) is 15.2. The third-order valence-electron chi connectivity index (χ3n) is 5.50. The SMILES string of the molecule is CCCCCCCCCCCCCCCCCCC(N)N1C=NCC1. The van der Waals surface area contributed by atoms with Gasteiger partial charge in [0.2, 0.25) is 0 Å². The van der Waals surface area contributed by atoms with Crippen LogP contribution in [0.25, 0.3) is 0 Å². The van der Waals surface area contributed by atoms with Gasteiger partial charge in [0.1, 0.15) is 0 Å². The van der Waals surface area contributed by atoms with Crippen molar-refractivity contribution in [3.63, 3.8) is 0 Å². The molecule has 1 aliphatic heterocycles. The van der Waals surface area contributed by atoms with Gasteiger partial charge < -0.3 is 10.6 Å². The Bertz CT molecular complexity index is 304. The van der Waals surface area contributed by atoms with Crippen molar-refractivity contribution in [2.45, 2.75) is 122 Å². The molecule has 0 aromatic rings. The van der Waals surface area contributed by atoms with Gasteiger partial charge in [-0.15, -0.1) is 0 Å². The molecule has 1 heterocycles. The van der Waals surface area contributed by atoms with E-state index < -0.39 is 0 Å². The molecular weight excluding hydrogens is 306 g/mol. The van der Waals surface area contributed by atoms with Gasteiger partial charge in [-0.1, -0.05) is 110 Å².